The summed E-state index contributed by atoms with van der Waals surface area (Å²) in [6, 6.07) is 2.06. The Kier molecular flexibility index (Phi) is 4.34. The van der Waals surface area contributed by atoms with Crippen molar-refractivity contribution in [1.29, 1.82) is 0 Å². The van der Waals surface area contributed by atoms with Crippen LogP contribution in [0.25, 0.3) is 5.52 Å². The summed E-state index contributed by atoms with van der Waals surface area (Å²) in [6.07, 6.45) is 8.17. The van der Waals surface area contributed by atoms with E-state index in [-0.39, 0.29) is 4.75 Å². The van der Waals surface area contributed by atoms with Crippen LogP contribution in [0.1, 0.15) is 32.4 Å². The Labute approximate surface area is 119 Å². The molecule has 5 heteroatoms. The van der Waals surface area contributed by atoms with Crippen molar-refractivity contribution in [3.63, 3.8) is 0 Å². The Morgan fingerprint density at radius 3 is 2.74 bits per heavy atom. The van der Waals surface area contributed by atoms with Crippen LogP contribution in [-0.4, -0.2) is 32.1 Å². The van der Waals surface area contributed by atoms with Crippen LogP contribution in [0.2, 0.25) is 0 Å². The molecule has 0 aliphatic heterocycles. The van der Waals surface area contributed by atoms with E-state index in [9.17, 15) is 0 Å². The molecule has 2 heterocycles. The maximum Gasteiger partial charge on any atom is 0.152 e. The number of rotatable bonds is 6. The van der Waals surface area contributed by atoms with Crippen LogP contribution in [0.3, 0.4) is 0 Å². The quantitative estimate of drug-likeness (QED) is 0.879. The number of aromatic nitrogens is 3. The number of anilines is 1. The number of nitrogens with one attached hydrogen (secondary N) is 1. The van der Waals surface area contributed by atoms with Gasteiger partial charge in [-0.2, -0.15) is 16.9 Å². The monoisotopic (exact) mass is 278 g/mol. The van der Waals surface area contributed by atoms with Crippen LogP contribution >= 0.6 is 11.8 Å². The van der Waals surface area contributed by atoms with Crippen molar-refractivity contribution in [2.45, 2.75) is 38.4 Å². The molecule has 0 spiro atoms. The molecule has 0 unspecified atom stereocenters. The van der Waals surface area contributed by atoms with E-state index in [1.54, 1.807) is 6.20 Å². The highest BCUT2D eigenvalue weighted by Crippen LogP contribution is 2.31. The lowest BCUT2D eigenvalue weighted by atomic mass is 10.0. The average molecular weight is 278 g/mol. The highest BCUT2D eigenvalue weighted by Gasteiger charge is 2.24. The summed E-state index contributed by atoms with van der Waals surface area (Å²) in [7, 11) is 0. The van der Waals surface area contributed by atoms with Gasteiger partial charge in [0.25, 0.3) is 0 Å². The van der Waals surface area contributed by atoms with Crippen LogP contribution in [-0.2, 0) is 0 Å². The van der Waals surface area contributed by atoms with Crippen LogP contribution < -0.4 is 5.32 Å². The van der Waals surface area contributed by atoms with E-state index in [0.29, 0.717) is 0 Å². The minimum absolute atomic E-state index is 0.281. The molecule has 0 amide bonds. The van der Waals surface area contributed by atoms with Gasteiger partial charge in [0.05, 0.1) is 5.69 Å². The van der Waals surface area contributed by atoms with Crippen molar-refractivity contribution < 1.29 is 0 Å². The molecule has 0 radical (unpaired) electrons. The van der Waals surface area contributed by atoms with Gasteiger partial charge in [-0.05, 0) is 32.1 Å². The zero-order chi connectivity index (χ0) is 13.9. The van der Waals surface area contributed by atoms with E-state index >= 15 is 0 Å². The van der Waals surface area contributed by atoms with Gasteiger partial charge in [0.15, 0.2) is 5.82 Å². The number of aryl methyl sites for hydroxylation is 1. The second-order valence-corrected chi connectivity index (χ2v) is 6.11. The van der Waals surface area contributed by atoms with Crippen molar-refractivity contribution >= 4 is 23.1 Å². The molecule has 0 aliphatic rings. The van der Waals surface area contributed by atoms with Crippen molar-refractivity contribution in [1.82, 2.24) is 14.6 Å². The van der Waals surface area contributed by atoms with Gasteiger partial charge in [-0.25, -0.2) is 9.50 Å². The summed E-state index contributed by atoms with van der Waals surface area (Å²) in [4.78, 5) is 4.44. The molecule has 2 aromatic heterocycles. The predicted octanol–water partition coefficient (Wildman–Crippen LogP) is 3.37. The molecule has 0 fully saturated rings. The molecule has 0 aromatic carbocycles. The Bertz CT molecular complexity index is 537. The van der Waals surface area contributed by atoms with Gasteiger partial charge in [-0.3, -0.25) is 0 Å². The minimum Gasteiger partial charge on any atom is -0.367 e. The van der Waals surface area contributed by atoms with Crippen LogP contribution in [0.15, 0.2) is 18.5 Å². The summed E-state index contributed by atoms with van der Waals surface area (Å²) in [6.45, 7) is 7.43. The molecule has 1 N–H and O–H groups in total. The largest absolute Gasteiger partial charge is 0.367 e. The molecular formula is C14H22N4S. The molecule has 2 aromatic rings. The highest BCUT2D eigenvalue weighted by atomic mass is 32.2. The first-order valence-corrected chi connectivity index (χ1v) is 7.96. The molecule has 0 saturated carbocycles. The summed E-state index contributed by atoms with van der Waals surface area (Å²) in [5.74, 6) is 0.920. The fourth-order valence-corrected chi connectivity index (χ4v) is 3.08. The van der Waals surface area contributed by atoms with Gasteiger partial charge in [0.1, 0.15) is 5.52 Å². The van der Waals surface area contributed by atoms with Gasteiger partial charge in [0.2, 0.25) is 0 Å². The van der Waals surface area contributed by atoms with E-state index in [1.165, 1.54) is 0 Å². The molecule has 2 rings (SSSR count). The second kappa shape index (κ2) is 5.82. The molecule has 104 valence electrons. The van der Waals surface area contributed by atoms with Crippen molar-refractivity contribution in [2.24, 2.45) is 0 Å². The van der Waals surface area contributed by atoms with E-state index in [2.05, 4.69) is 41.6 Å². The molecule has 0 bridgehead atoms. The Morgan fingerprint density at radius 2 is 2.11 bits per heavy atom. The van der Waals surface area contributed by atoms with Crippen molar-refractivity contribution in [3.05, 3.63) is 24.2 Å². The fourth-order valence-electron chi connectivity index (χ4n) is 2.29. The number of nitrogens with zero attached hydrogens (tertiary/aromatic N) is 3. The van der Waals surface area contributed by atoms with Gasteiger partial charge >= 0.3 is 0 Å². The van der Waals surface area contributed by atoms with E-state index in [0.717, 1.165) is 36.4 Å². The van der Waals surface area contributed by atoms with E-state index < -0.39 is 0 Å². The molecule has 0 atom stereocenters. The topological polar surface area (TPSA) is 42.2 Å². The molecule has 0 aliphatic carbocycles. The first-order chi connectivity index (χ1) is 9.14. The smallest absolute Gasteiger partial charge is 0.152 e. The van der Waals surface area contributed by atoms with Crippen LogP contribution in [0.5, 0.6) is 0 Å². The van der Waals surface area contributed by atoms with Gasteiger partial charge in [0, 0.05) is 23.7 Å². The zero-order valence-electron chi connectivity index (χ0n) is 12.1. The lowest BCUT2D eigenvalue weighted by Gasteiger charge is -2.30. The number of fused-ring (bicyclic) bond motifs is 1. The minimum atomic E-state index is 0.281. The molecule has 0 saturated heterocycles. The van der Waals surface area contributed by atoms with Gasteiger partial charge < -0.3 is 5.32 Å². The lowest BCUT2D eigenvalue weighted by Crippen LogP contribution is -2.32. The van der Waals surface area contributed by atoms with E-state index in [1.807, 2.05) is 29.4 Å². The molecule has 4 nitrogen and oxygen atoms in total. The summed E-state index contributed by atoms with van der Waals surface area (Å²) in [5.41, 5.74) is 2.06. The zero-order valence-corrected chi connectivity index (χ0v) is 12.9. The maximum absolute atomic E-state index is 4.44. The third kappa shape index (κ3) is 2.86. The molecule has 19 heavy (non-hydrogen) atoms. The Balaban J connectivity index is 2.22. The van der Waals surface area contributed by atoms with Crippen LogP contribution in [0.4, 0.5) is 5.82 Å². The van der Waals surface area contributed by atoms with Crippen molar-refractivity contribution in [3.8, 4) is 0 Å². The number of hydrogen-bond acceptors (Lipinski definition) is 4. The Morgan fingerprint density at radius 1 is 1.37 bits per heavy atom. The first kappa shape index (κ1) is 14.2. The van der Waals surface area contributed by atoms with Crippen molar-refractivity contribution in [2.75, 3.05) is 18.1 Å². The Hall–Kier alpha value is -1.23. The van der Waals surface area contributed by atoms with E-state index in [4.69, 9.17) is 0 Å². The predicted molar refractivity (Wildman–Crippen MR) is 83.0 cm³/mol. The standard InChI is InChI=1S/C14H22N4S/c1-5-14(6-2,19-4)10-16-13-12-9-11(3)17-18(12)8-7-15-13/h7-9H,5-6,10H2,1-4H3,(H,15,16). The lowest BCUT2D eigenvalue weighted by molar-refractivity contribution is 0.574. The second-order valence-electron chi connectivity index (χ2n) is 4.84. The van der Waals surface area contributed by atoms with Gasteiger partial charge in [-0.1, -0.05) is 13.8 Å². The normalized spacial score (nSPS) is 12.0. The number of thioether (sulfide) groups is 1. The van der Waals surface area contributed by atoms with Gasteiger partial charge in [-0.15, -0.1) is 0 Å². The SMILES string of the molecule is CCC(CC)(CNc1nccn2nc(C)cc12)SC. The fraction of sp³-hybridized carbons (Fsp3) is 0.571. The maximum atomic E-state index is 4.44. The third-order valence-electron chi connectivity index (χ3n) is 3.81. The van der Waals surface area contributed by atoms with Crippen LogP contribution in [0, 0.1) is 6.92 Å². The summed E-state index contributed by atoms with van der Waals surface area (Å²) < 4.78 is 2.16. The summed E-state index contributed by atoms with van der Waals surface area (Å²) in [5, 5.41) is 7.91. The highest BCUT2D eigenvalue weighted by molar-refractivity contribution is 8.00. The number of hydrogen-bond donors (Lipinski definition) is 1. The first-order valence-electron chi connectivity index (χ1n) is 6.74. The molecular weight excluding hydrogens is 256 g/mol. The summed E-state index contributed by atoms with van der Waals surface area (Å²) >= 11 is 1.93. The average Bonchev–Trinajstić information content (AvgIpc) is 2.82. The third-order valence-corrected chi connectivity index (χ3v) is 5.40.